The predicted octanol–water partition coefficient (Wildman–Crippen LogP) is 3.66. The summed E-state index contributed by atoms with van der Waals surface area (Å²) in [7, 11) is 0. The van der Waals surface area contributed by atoms with Crippen LogP contribution in [0.4, 0.5) is 0 Å². The van der Waals surface area contributed by atoms with Crippen molar-refractivity contribution in [3.05, 3.63) is 47.5 Å². The number of aromatic hydroxyl groups is 2. The Balaban J connectivity index is 1.59. The van der Waals surface area contributed by atoms with Crippen LogP contribution in [0, 0.1) is 17.8 Å². The highest BCUT2D eigenvalue weighted by molar-refractivity contribution is 5.94. The SMILES string of the molecule is CCOCCOC(=O)c1cc(OC(=O)C2CCC(C(=O)Oc3ccc(O)c(C(=O)OCCOCC)c3)C2C)ccc1O. The Labute approximate surface area is 243 Å². The first kappa shape index (κ1) is 32.4. The van der Waals surface area contributed by atoms with Crippen LogP contribution in [-0.4, -0.2) is 73.7 Å². The van der Waals surface area contributed by atoms with Crippen molar-refractivity contribution in [3.8, 4) is 23.0 Å². The summed E-state index contributed by atoms with van der Waals surface area (Å²) >= 11 is 0. The second-order valence-electron chi connectivity index (χ2n) is 9.52. The molecule has 42 heavy (non-hydrogen) atoms. The first-order valence-corrected chi connectivity index (χ1v) is 13.7. The Morgan fingerprint density at radius 3 is 1.48 bits per heavy atom. The van der Waals surface area contributed by atoms with E-state index in [-0.39, 0.29) is 60.6 Å². The molecule has 12 heteroatoms. The van der Waals surface area contributed by atoms with Gasteiger partial charge in [-0.3, -0.25) is 9.59 Å². The van der Waals surface area contributed by atoms with Crippen LogP contribution in [0.5, 0.6) is 23.0 Å². The lowest BCUT2D eigenvalue weighted by molar-refractivity contribution is -0.142. The Hall–Kier alpha value is -4.16. The van der Waals surface area contributed by atoms with Gasteiger partial charge in [0.1, 0.15) is 47.3 Å². The molecule has 0 radical (unpaired) electrons. The third-order valence-electron chi connectivity index (χ3n) is 6.81. The number of carbonyl (C=O) groups excluding carboxylic acids is 4. The van der Waals surface area contributed by atoms with Crippen LogP contribution in [0.1, 0.15) is 54.3 Å². The van der Waals surface area contributed by atoms with Crippen LogP contribution in [0.2, 0.25) is 0 Å². The van der Waals surface area contributed by atoms with E-state index in [1.165, 1.54) is 36.4 Å². The molecule has 1 saturated carbocycles. The molecule has 1 aliphatic rings. The largest absolute Gasteiger partial charge is 0.507 e. The second-order valence-corrected chi connectivity index (χ2v) is 9.52. The van der Waals surface area contributed by atoms with Crippen LogP contribution in [-0.2, 0) is 28.5 Å². The van der Waals surface area contributed by atoms with Gasteiger partial charge in [0.15, 0.2) is 0 Å². The van der Waals surface area contributed by atoms with E-state index in [0.29, 0.717) is 26.1 Å². The van der Waals surface area contributed by atoms with Crippen molar-refractivity contribution in [1.29, 1.82) is 0 Å². The molecule has 0 aliphatic heterocycles. The maximum absolute atomic E-state index is 13.0. The fourth-order valence-corrected chi connectivity index (χ4v) is 4.53. The zero-order valence-corrected chi connectivity index (χ0v) is 23.8. The molecule has 228 valence electrons. The number of hydrogen-bond donors (Lipinski definition) is 2. The lowest BCUT2D eigenvalue weighted by atomic mass is 9.91. The third kappa shape index (κ3) is 8.67. The van der Waals surface area contributed by atoms with Crippen LogP contribution >= 0.6 is 0 Å². The van der Waals surface area contributed by atoms with Gasteiger partial charge >= 0.3 is 23.9 Å². The van der Waals surface area contributed by atoms with E-state index in [1.54, 1.807) is 20.8 Å². The maximum Gasteiger partial charge on any atom is 0.342 e. The van der Waals surface area contributed by atoms with Gasteiger partial charge in [0.05, 0.1) is 25.0 Å². The minimum atomic E-state index is -0.793. The summed E-state index contributed by atoms with van der Waals surface area (Å²) in [6.45, 7) is 6.69. The first-order chi connectivity index (χ1) is 20.2. The molecule has 0 aromatic heterocycles. The molecule has 1 aliphatic carbocycles. The van der Waals surface area contributed by atoms with Gasteiger partial charge in [0, 0.05) is 13.2 Å². The summed E-state index contributed by atoms with van der Waals surface area (Å²) in [5.41, 5.74) is -0.326. The fourth-order valence-electron chi connectivity index (χ4n) is 4.53. The van der Waals surface area contributed by atoms with E-state index < -0.39 is 41.6 Å². The smallest absolute Gasteiger partial charge is 0.342 e. The van der Waals surface area contributed by atoms with Crippen molar-refractivity contribution >= 4 is 23.9 Å². The van der Waals surface area contributed by atoms with Gasteiger partial charge in [-0.05, 0) is 69.0 Å². The highest BCUT2D eigenvalue weighted by Gasteiger charge is 2.43. The number of benzene rings is 2. The number of esters is 4. The van der Waals surface area contributed by atoms with E-state index in [9.17, 15) is 29.4 Å². The fraction of sp³-hybridized carbons (Fsp3) is 0.467. The predicted molar refractivity (Wildman–Crippen MR) is 146 cm³/mol. The number of carbonyl (C=O) groups is 4. The molecule has 2 aromatic carbocycles. The first-order valence-electron chi connectivity index (χ1n) is 13.7. The monoisotopic (exact) mass is 588 g/mol. The zero-order chi connectivity index (χ0) is 30.6. The molecule has 2 aromatic rings. The lowest BCUT2D eigenvalue weighted by Gasteiger charge is -2.19. The molecule has 2 atom stereocenters. The molecular weight excluding hydrogens is 552 g/mol. The molecule has 0 amide bonds. The number of rotatable bonds is 14. The molecule has 12 nitrogen and oxygen atoms in total. The number of hydrogen-bond acceptors (Lipinski definition) is 12. The van der Waals surface area contributed by atoms with Crippen molar-refractivity contribution in [2.45, 2.75) is 33.6 Å². The average molecular weight is 589 g/mol. The van der Waals surface area contributed by atoms with E-state index in [2.05, 4.69) is 0 Å². The van der Waals surface area contributed by atoms with E-state index in [1.807, 2.05) is 0 Å². The number of ether oxygens (including phenoxy) is 6. The number of phenolic OH excluding ortho intramolecular Hbond substituents is 2. The average Bonchev–Trinajstić information content (AvgIpc) is 3.36. The van der Waals surface area contributed by atoms with E-state index >= 15 is 0 Å². The summed E-state index contributed by atoms with van der Waals surface area (Å²) in [6, 6.07) is 7.57. The quantitative estimate of drug-likeness (QED) is 0.187. The Morgan fingerprint density at radius 1 is 0.690 bits per heavy atom. The third-order valence-corrected chi connectivity index (χ3v) is 6.81. The molecule has 0 heterocycles. The normalized spacial score (nSPS) is 17.8. The van der Waals surface area contributed by atoms with Crippen molar-refractivity contribution in [2.75, 3.05) is 39.6 Å². The van der Waals surface area contributed by atoms with Gasteiger partial charge in [0.25, 0.3) is 0 Å². The molecule has 2 N–H and O–H groups in total. The van der Waals surface area contributed by atoms with Crippen LogP contribution in [0.3, 0.4) is 0 Å². The van der Waals surface area contributed by atoms with Gasteiger partial charge in [0.2, 0.25) is 0 Å². The van der Waals surface area contributed by atoms with Crippen LogP contribution in [0.15, 0.2) is 36.4 Å². The summed E-state index contributed by atoms with van der Waals surface area (Å²) in [5, 5.41) is 20.1. The molecule has 2 unspecified atom stereocenters. The summed E-state index contributed by atoms with van der Waals surface area (Å²) in [6.07, 6.45) is 0.717. The summed E-state index contributed by atoms with van der Waals surface area (Å²) in [5.74, 6) is -5.06. The highest BCUT2D eigenvalue weighted by Crippen LogP contribution is 2.39. The summed E-state index contributed by atoms with van der Waals surface area (Å²) < 4.78 is 31.3. The van der Waals surface area contributed by atoms with Gasteiger partial charge in [-0.25, -0.2) is 9.59 Å². The van der Waals surface area contributed by atoms with Crippen molar-refractivity contribution in [2.24, 2.45) is 17.8 Å². The molecular formula is C30H36O12. The van der Waals surface area contributed by atoms with Crippen molar-refractivity contribution < 1.29 is 57.8 Å². The van der Waals surface area contributed by atoms with Crippen molar-refractivity contribution in [1.82, 2.24) is 0 Å². The topological polar surface area (TPSA) is 164 Å². The maximum atomic E-state index is 13.0. The molecule has 0 saturated heterocycles. The molecule has 0 bridgehead atoms. The van der Waals surface area contributed by atoms with Crippen LogP contribution in [0.25, 0.3) is 0 Å². The highest BCUT2D eigenvalue weighted by atomic mass is 16.6. The van der Waals surface area contributed by atoms with Gasteiger partial charge in [-0.2, -0.15) is 0 Å². The Kier molecular flexibility index (Phi) is 12.1. The zero-order valence-electron chi connectivity index (χ0n) is 23.8. The standard InChI is InChI=1S/C30H36O12/c1-4-37-12-14-39-27(33)23-16-19(6-10-25(23)31)41-29(35)21-8-9-22(18(21)3)30(36)42-20-7-11-26(32)24(17-20)28(34)40-15-13-38-5-2/h6-7,10-11,16-18,21-22,31-32H,4-5,8-9,12-15H2,1-3H3. The minimum absolute atomic E-state index is 0.00275. The van der Waals surface area contributed by atoms with Gasteiger partial charge in [-0.15, -0.1) is 0 Å². The van der Waals surface area contributed by atoms with Crippen molar-refractivity contribution in [3.63, 3.8) is 0 Å². The minimum Gasteiger partial charge on any atom is -0.507 e. The van der Waals surface area contributed by atoms with E-state index in [4.69, 9.17) is 28.4 Å². The second kappa shape index (κ2) is 15.7. The Bertz CT molecular complexity index is 1160. The lowest BCUT2D eigenvalue weighted by Crippen LogP contribution is -2.29. The molecule has 3 rings (SSSR count). The Morgan fingerprint density at radius 2 is 1.10 bits per heavy atom. The molecule has 0 spiro atoms. The number of phenols is 2. The summed E-state index contributed by atoms with van der Waals surface area (Å²) in [4.78, 5) is 50.6. The molecule has 1 fully saturated rings. The van der Waals surface area contributed by atoms with Gasteiger partial charge < -0.3 is 38.6 Å². The van der Waals surface area contributed by atoms with E-state index in [0.717, 1.165) is 0 Å². The van der Waals surface area contributed by atoms with Gasteiger partial charge in [-0.1, -0.05) is 6.92 Å². The van der Waals surface area contributed by atoms with Crippen LogP contribution < -0.4 is 9.47 Å².